The number of carbonyl (C=O) groups excluding carboxylic acids is 1. The van der Waals surface area contributed by atoms with Crippen LogP contribution in [0.5, 0.6) is 0 Å². The van der Waals surface area contributed by atoms with Crippen molar-refractivity contribution >= 4 is 6.09 Å². The molecular formula is C13H26N2O2. The van der Waals surface area contributed by atoms with Crippen LogP contribution in [0, 0.1) is 5.92 Å². The maximum Gasteiger partial charge on any atom is 0.407 e. The molecule has 1 aliphatic rings. The van der Waals surface area contributed by atoms with Gasteiger partial charge in [0.25, 0.3) is 0 Å². The van der Waals surface area contributed by atoms with Gasteiger partial charge in [0.15, 0.2) is 0 Å². The Labute approximate surface area is 104 Å². The minimum atomic E-state index is -0.413. The van der Waals surface area contributed by atoms with Gasteiger partial charge in [-0.15, -0.1) is 0 Å². The number of hydrogen-bond acceptors (Lipinski definition) is 3. The van der Waals surface area contributed by atoms with Crippen molar-refractivity contribution in [3.63, 3.8) is 0 Å². The van der Waals surface area contributed by atoms with Gasteiger partial charge in [0.2, 0.25) is 0 Å². The maximum absolute atomic E-state index is 11.3. The topological polar surface area (TPSA) is 50.4 Å². The van der Waals surface area contributed by atoms with Crippen LogP contribution in [0.4, 0.5) is 4.79 Å². The predicted octanol–water partition coefficient (Wildman–Crippen LogP) is 2.29. The molecule has 0 spiro atoms. The van der Waals surface area contributed by atoms with Crippen molar-refractivity contribution in [2.45, 2.75) is 58.6 Å². The summed E-state index contributed by atoms with van der Waals surface area (Å²) < 4.78 is 5.14. The summed E-state index contributed by atoms with van der Waals surface area (Å²) in [5, 5.41) is 6.26. The second-order valence-electron chi connectivity index (χ2n) is 5.90. The summed E-state index contributed by atoms with van der Waals surface area (Å²) in [5.41, 5.74) is -0.413. The molecule has 100 valence electrons. The second kappa shape index (κ2) is 6.24. The molecule has 2 atom stereocenters. The molecule has 2 unspecified atom stereocenters. The molecule has 4 nitrogen and oxygen atoms in total. The van der Waals surface area contributed by atoms with Crippen molar-refractivity contribution in [1.29, 1.82) is 0 Å². The molecule has 1 amide bonds. The van der Waals surface area contributed by atoms with Gasteiger partial charge in [0.1, 0.15) is 5.60 Å². The zero-order valence-corrected chi connectivity index (χ0v) is 11.5. The monoisotopic (exact) mass is 242 g/mol. The minimum Gasteiger partial charge on any atom is -0.444 e. The molecular weight excluding hydrogens is 216 g/mol. The van der Waals surface area contributed by atoms with Crippen molar-refractivity contribution < 1.29 is 9.53 Å². The Morgan fingerprint density at radius 3 is 2.47 bits per heavy atom. The molecule has 0 heterocycles. The molecule has 1 aliphatic carbocycles. The summed E-state index contributed by atoms with van der Waals surface area (Å²) in [6, 6.07) is 0.691. The van der Waals surface area contributed by atoms with E-state index >= 15 is 0 Å². The third kappa shape index (κ3) is 5.91. The van der Waals surface area contributed by atoms with Gasteiger partial charge < -0.3 is 15.4 Å². The maximum atomic E-state index is 11.3. The number of alkyl carbamates (subject to hydrolysis) is 1. The first-order valence-electron chi connectivity index (χ1n) is 6.59. The van der Waals surface area contributed by atoms with Gasteiger partial charge in [-0.2, -0.15) is 0 Å². The van der Waals surface area contributed by atoms with Gasteiger partial charge >= 0.3 is 6.09 Å². The van der Waals surface area contributed by atoms with Gasteiger partial charge in [-0.05, 0) is 52.5 Å². The van der Waals surface area contributed by atoms with Gasteiger partial charge in [-0.1, -0.05) is 6.92 Å². The molecule has 17 heavy (non-hydrogen) atoms. The fraction of sp³-hybridized carbons (Fsp3) is 0.923. The Morgan fingerprint density at radius 2 is 2.00 bits per heavy atom. The fourth-order valence-electron chi connectivity index (χ4n) is 1.85. The van der Waals surface area contributed by atoms with Crippen LogP contribution in [0.25, 0.3) is 0 Å². The van der Waals surface area contributed by atoms with Crippen molar-refractivity contribution in [3.05, 3.63) is 0 Å². The van der Waals surface area contributed by atoms with E-state index in [4.69, 9.17) is 4.74 Å². The van der Waals surface area contributed by atoms with Gasteiger partial charge in [-0.3, -0.25) is 0 Å². The zero-order valence-electron chi connectivity index (χ0n) is 11.5. The van der Waals surface area contributed by atoms with E-state index in [0.717, 1.165) is 18.9 Å². The first-order chi connectivity index (χ1) is 7.88. The number of hydrogen-bond donors (Lipinski definition) is 2. The second-order valence-corrected chi connectivity index (χ2v) is 5.90. The van der Waals surface area contributed by atoms with Crippen LogP contribution in [-0.4, -0.2) is 30.8 Å². The molecule has 0 aromatic carbocycles. The SMILES string of the molecule is CC1CCC1NCCCNC(=O)OC(C)(C)C. The lowest BCUT2D eigenvalue weighted by atomic mass is 9.81. The first-order valence-corrected chi connectivity index (χ1v) is 6.59. The average Bonchev–Trinajstić information content (AvgIpc) is 2.18. The zero-order chi connectivity index (χ0) is 12.9. The summed E-state index contributed by atoms with van der Waals surface area (Å²) in [7, 11) is 0. The van der Waals surface area contributed by atoms with Crippen LogP contribution in [0.2, 0.25) is 0 Å². The number of nitrogens with one attached hydrogen (secondary N) is 2. The van der Waals surface area contributed by atoms with Crippen molar-refractivity contribution in [3.8, 4) is 0 Å². The van der Waals surface area contributed by atoms with E-state index in [0.29, 0.717) is 12.6 Å². The standard InChI is InChI=1S/C13H26N2O2/c1-10-6-7-11(10)14-8-5-9-15-12(16)17-13(2,3)4/h10-11,14H,5-9H2,1-4H3,(H,15,16). The lowest BCUT2D eigenvalue weighted by Crippen LogP contribution is -2.43. The molecule has 0 aliphatic heterocycles. The summed E-state index contributed by atoms with van der Waals surface area (Å²) in [6.07, 6.45) is 3.26. The van der Waals surface area contributed by atoms with Crippen LogP contribution in [0.15, 0.2) is 0 Å². The number of amides is 1. The van der Waals surface area contributed by atoms with E-state index in [9.17, 15) is 4.79 Å². The highest BCUT2D eigenvalue weighted by molar-refractivity contribution is 5.67. The minimum absolute atomic E-state index is 0.325. The van der Waals surface area contributed by atoms with E-state index in [1.54, 1.807) is 0 Å². The molecule has 1 fully saturated rings. The highest BCUT2D eigenvalue weighted by Gasteiger charge is 2.25. The summed E-state index contributed by atoms with van der Waals surface area (Å²) >= 11 is 0. The van der Waals surface area contributed by atoms with Crippen molar-refractivity contribution in [1.82, 2.24) is 10.6 Å². The normalized spacial score (nSPS) is 24.0. The molecule has 0 bridgehead atoms. The van der Waals surface area contributed by atoms with Gasteiger partial charge in [0, 0.05) is 12.6 Å². The van der Waals surface area contributed by atoms with E-state index in [1.165, 1.54) is 12.8 Å². The first kappa shape index (κ1) is 14.3. The number of carbonyl (C=O) groups is 1. The fourth-order valence-corrected chi connectivity index (χ4v) is 1.85. The van der Waals surface area contributed by atoms with E-state index in [1.807, 2.05) is 20.8 Å². The molecule has 4 heteroatoms. The molecule has 0 aromatic rings. The molecule has 0 aromatic heterocycles. The summed E-state index contributed by atoms with van der Waals surface area (Å²) in [6.45, 7) is 9.51. The highest BCUT2D eigenvalue weighted by atomic mass is 16.6. The quantitative estimate of drug-likeness (QED) is 0.727. The molecule has 2 N–H and O–H groups in total. The van der Waals surface area contributed by atoms with E-state index < -0.39 is 5.60 Å². The van der Waals surface area contributed by atoms with Gasteiger partial charge in [-0.25, -0.2) is 4.79 Å². The van der Waals surface area contributed by atoms with Crippen molar-refractivity contribution in [2.75, 3.05) is 13.1 Å². The van der Waals surface area contributed by atoms with Crippen LogP contribution < -0.4 is 10.6 Å². The van der Waals surface area contributed by atoms with Crippen LogP contribution in [0.1, 0.15) is 47.0 Å². The highest BCUT2D eigenvalue weighted by Crippen LogP contribution is 2.26. The number of ether oxygens (including phenoxy) is 1. The Hall–Kier alpha value is -0.770. The largest absolute Gasteiger partial charge is 0.444 e. The van der Waals surface area contributed by atoms with Crippen molar-refractivity contribution in [2.24, 2.45) is 5.92 Å². The smallest absolute Gasteiger partial charge is 0.407 e. The molecule has 1 saturated carbocycles. The third-order valence-corrected chi connectivity index (χ3v) is 3.05. The van der Waals surface area contributed by atoms with E-state index in [2.05, 4.69) is 17.6 Å². The lowest BCUT2D eigenvalue weighted by Gasteiger charge is -2.34. The molecule has 0 radical (unpaired) electrons. The average molecular weight is 242 g/mol. The summed E-state index contributed by atoms with van der Waals surface area (Å²) in [4.78, 5) is 11.3. The number of rotatable bonds is 5. The Balaban J connectivity index is 1.95. The van der Waals surface area contributed by atoms with Crippen LogP contribution in [0.3, 0.4) is 0 Å². The molecule has 0 saturated heterocycles. The van der Waals surface area contributed by atoms with E-state index in [-0.39, 0.29) is 6.09 Å². The molecule has 1 rings (SSSR count). The summed E-state index contributed by atoms with van der Waals surface area (Å²) in [5.74, 6) is 0.814. The lowest BCUT2D eigenvalue weighted by molar-refractivity contribution is 0.0527. The Morgan fingerprint density at radius 1 is 1.29 bits per heavy atom. The third-order valence-electron chi connectivity index (χ3n) is 3.05. The van der Waals surface area contributed by atoms with Crippen LogP contribution in [-0.2, 0) is 4.74 Å². The van der Waals surface area contributed by atoms with Gasteiger partial charge in [0.05, 0.1) is 0 Å². The van der Waals surface area contributed by atoms with Crippen LogP contribution >= 0.6 is 0 Å². The Bertz CT molecular complexity index is 248. The predicted molar refractivity (Wildman–Crippen MR) is 69.0 cm³/mol. The Kier molecular flexibility index (Phi) is 5.25.